The highest BCUT2D eigenvalue weighted by Gasteiger charge is 1.86. The van der Waals surface area contributed by atoms with Gasteiger partial charge in [0.15, 0.2) is 0 Å². The lowest BCUT2D eigenvalue weighted by molar-refractivity contribution is 0.410. The van der Waals surface area contributed by atoms with Crippen LogP contribution in [0.15, 0.2) is 23.7 Å². The monoisotopic (exact) mass is 200 g/mol. The topological polar surface area (TPSA) is 64.5 Å². The molecule has 0 heterocycles. The molecule has 4 heteroatoms. The predicted molar refractivity (Wildman–Crippen MR) is 58.5 cm³/mol. The van der Waals surface area contributed by atoms with Gasteiger partial charge in [-0.15, -0.1) is 0 Å². The van der Waals surface area contributed by atoms with Gasteiger partial charge in [-0.25, -0.2) is 0 Å². The van der Waals surface area contributed by atoms with Gasteiger partial charge in [-0.1, -0.05) is 0 Å². The zero-order valence-corrected chi connectivity index (χ0v) is 8.88. The molecule has 4 N–H and O–H groups in total. The number of allylic oxidation sites excluding steroid dienone is 2. The Kier molecular flexibility index (Phi) is 7.98. The lowest BCUT2D eigenvalue weighted by atomic mass is 10.4. The van der Waals surface area contributed by atoms with E-state index in [9.17, 15) is 0 Å². The van der Waals surface area contributed by atoms with Gasteiger partial charge < -0.3 is 20.8 Å². The van der Waals surface area contributed by atoms with Crippen LogP contribution in [-0.2, 0) is 0 Å². The Morgan fingerprint density at radius 1 is 0.929 bits per heavy atom. The largest absolute Gasteiger partial charge is 0.513 e. The quantitative estimate of drug-likeness (QED) is 0.367. The summed E-state index contributed by atoms with van der Waals surface area (Å²) < 4.78 is 0. The molecule has 82 valence electrons. The van der Waals surface area contributed by atoms with Crippen molar-refractivity contribution in [3.63, 3.8) is 0 Å². The molecule has 0 aromatic rings. The summed E-state index contributed by atoms with van der Waals surface area (Å²) in [6, 6.07) is 0. The van der Waals surface area contributed by atoms with Crippen LogP contribution in [0.25, 0.3) is 0 Å². The van der Waals surface area contributed by atoms with Crippen LogP contribution < -0.4 is 10.6 Å². The number of hydrogen-bond donors (Lipinski definition) is 4. The van der Waals surface area contributed by atoms with Crippen LogP contribution in [-0.4, -0.2) is 36.4 Å². The average Bonchev–Trinajstić information content (AvgIpc) is 2.08. The van der Waals surface area contributed by atoms with E-state index in [4.69, 9.17) is 10.2 Å². The summed E-state index contributed by atoms with van der Waals surface area (Å²) in [6.07, 6.45) is 3.44. The third kappa shape index (κ3) is 11.0. The maximum atomic E-state index is 8.82. The molecule has 14 heavy (non-hydrogen) atoms. The summed E-state index contributed by atoms with van der Waals surface area (Å²) in [5, 5.41) is 23.9. The van der Waals surface area contributed by atoms with Crippen molar-refractivity contribution >= 4 is 0 Å². The highest BCUT2D eigenvalue weighted by atomic mass is 16.3. The lowest BCUT2D eigenvalue weighted by Gasteiger charge is -2.02. The molecule has 0 saturated carbocycles. The van der Waals surface area contributed by atoms with E-state index in [1.54, 1.807) is 26.0 Å². The van der Waals surface area contributed by atoms with Crippen molar-refractivity contribution in [2.45, 2.75) is 13.8 Å². The van der Waals surface area contributed by atoms with Gasteiger partial charge in [0.2, 0.25) is 0 Å². The van der Waals surface area contributed by atoms with E-state index in [1.807, 2.05) is 0 Å². The number of hydrogen-bond acceptors (Lipinski definition) is 4. The fourth-order valence-corrected chi connectivity index (χ4v) is 0.821. The molecule has 0 aromatic heterocycles. The SMILES string of the molecule is C/C(O)=C/CNCCNC/C=C(/C)O. The molecule has 0 spiro atoms. The summed E-state index contributed by atoms with van der Waals surface area (Å²) in [7, 11) is 0. The van der Waals surface area contributed by atoms with Crippen molar-refractivity contribution in [1.82, 2.24) is 10.6 Å². The Bertz CT molecular complexity index is 170. The molecule has 0 bridgehead atoms. The van der Waals surface area contributed by atoms with Crippen LogP contribution in [0.5, 0.6) is 0 Å². The van der Waals surface area contributed by atoms with E-state index in [0.717, 1.165) is 13.1 Å². The second-order valence-corrected chi connectivity index (χ2v) is 3.10. The van der Waals surface area contributed by atoms with Crippen molar-refractivity contribution in [3.8, 4) is 0 Å². The molecule has 0 aliphatic heterocycles. The predicted octanol–water partition coefficient (Wildman–Crippen LogP) is 1.09. The minimum absolute atomic E-state index is 0.337. The standard InChI is InChI=1S/C10H20N2O2/c1-9(13)3-5-11-7-8-12-6-4-10(2)14/h3-4,11-14H,5-8H2,1-2H3/b9-3-,10-4-. The summed E-state index contributed by atoms with van der Waals surface area (Å²) in [4.78, 5) is 0. The Morgan fingerprint density at radius 2 is 1.29 bits per heavy atom. The Labute approximate surface area is 85.3 Å². The normalized spacial score (nSPS) is 13.3. The molecule has 0 saturated heterocycles. The van der Waals surface area contributed by atoms with E-state index in [2.05, 4.69) is 10.6 Å². The maximum absolute atomic E-state index is 8.82. The van der Waals surface area contributed by atoms with Crippen LogP contribution >= 0.6 is 0 Å². The van der Waals surface area contributed by atoms with Gasteiger partial charge >= 0.3 is 0 Å². The number of rotatable bonds is 7. The average molecular weight is 200 g/mol. The van der Waals surface area contributed by atoms with Gasteiger partial charge in [-0.3, -0.25) is 0 Å². The second-order valence-electron chi connectivity index (χ2n) is 3.10. The number of aliphatic hydroxyl groups is 2. The maximum Gasteiger partial charge on any atom is 0.0864 e. The van der Waals surface area contributed by atoms with Crippen molar-refractivity contribution in [2.24, 2.45) is 0 Å². The fourth-order valence-electron chi connectivity index (χ4n) is 0.821. The minimum atomic E-state index is 0.337. The van der Waals surface area contributed by atoms with Gasteiger partial charge in [-0.2, -0.15) is 0 Å². The second kappa shape index (κ2) is 8.59. The molecular weight excluding hydrogens is 180 g/mol. The van der Waals surface area contributed by atoms with Crippen LogP contribution in [0.4, 0.5) is 0 Å². The van der Waals surface area contributed by atoms with Gasteiger partial charge in [-0.05, 0) is 26.0 Å². The highest BCUT2D eigenvalue weighted by molar-refractivity contribution is 4.88. The Morgan fingerprint density at radius 3 is 1.57 bits per heavy atom. The minimum Gasteiger partial charge on any atom is -0.513 e. The van der Waals surface area contributed by atoms with E-state index < -0.39 is 0 Å². The lowest BCUT2D eigenvalue weighted by Crippen LogP contribution is -2.27. The van der Waals surface area contributed by atoms with Gasteiger partial charge in [0, 0.05) is 26.2 Å². The smallest absolute Gasteiger partial charge is 0.0864 e. The van der Waals surface area contributed by atoms with E-state index in [1.165, 1.54) is 0 Å². The van der Waals surface area contributed by atoms with Crippen LogP contribution in [0.1, 0.15) is 13.8 Å². The molecule has 0 radical (unpaired) electrons. The van der Waals surface area contributed by atoms with E-state index in [-0.39, 0.29) is 0 Å². The van der Waals surface area contributed by atoms with Crippen molar-refractivity contribution in [1.29, 1.82) is 0 Å². The zero-order chi connectivity index (χ0) is 10.8. The third-order valence-corrected chi connectivity index (χ3v) is 1.56. The van der Waals surface area contributed by atoms with Gasteiger partial charge in [0.25, 0.3) is 0 Å². The molecule has 0 fully saturated rings. The summed E-state index contributed by atoms with van der Waals surface area (Å²) >= 11 is 0. The molecule has 0 aliphatic carbocycles. The van der Waals surface area contributed by atoms with Crippen molar-refractivity contribution < 1.29 is 10.2 Å². The van der Waals surface area contributed by atoms with Gasteiger partial charge in [0.05, 0.1) is 11.5 Å². The highest BCUT2D eigenvalue weighted by Crippen LogP contribution is 1.81. The Balaban J connectivity index is 3.15. The molecule has 0 rings (SSSR count). The molecular formula is C10H20N2O2. The van der Waals surface area contributed by atoms with Crippen molar-refractivity contribution in [3.05, 3.63) is 23.7 Å². The van der Waals surface area contributed by atoms with Crippen LogP contribution in [0.2, 0.25) is 0 Å². The Hall–Kier alpha value is -1.00. The molecule has 0 aliphatic rings. The zero-order valence-electron chi connectivity index (χ0n) is 8.88. The molecule has 0 amide bonds. The first-order valence-electron chi connectivity index (χ1n) is 4.76. The van der Waals surface area contributed by atoms with E-state index >= 15 is 0 Å². The fraction of sp³-hybridized carbons (Fsp3) is 0.600. The molecule has 0 atom stereocenters. The first kappa shape index (κ1) is 13.0. The third-order valence-electron chi connectivity index (χ3n) is 1.56. The molecule has 0 aromatic carbocycles. The first-order valence-corrected chi connectivity index (χ1v) is 4.76. The first-order chi connectivity index (χ1) is 6.63. The van der Waals surface area contributed by atoms with Crippen LogP contribution in [0.3, 0.4) is 0 Å². The van der Waals surface area contributed by atoms with Crippen LogP contribution in [0, 0.1) is 0 Å². The summed E-state index contributed by atoms with van der Waals surface area (Å²) in [5.74, 6) is 0.675. The van der Waals surface area contributed by atoms with Crippen molar-refractivity contribution in [2.75, 3.05) is 26.2 Å². The summed E-state index contributed by atoms with van der Waals surface area (Å²) in [6.45, 7) is 6.32. The number of nitrogens with one attached hydrogen (secondary N) is 2. The van der Waals surface area contributed by atoms with Gasteiger partial charge in [0.1, 0.15) is 0 Å². The molecule has 4 nitrogen and oxygen atoms in total. The number of aliphatic hydroxyl groups excluding tert-OH is 2. The summed E-state index contributed by atoms with van der Waals surface area (Å²) in [5.41, 5.74) is 0. The van der Waals surface area contributed by atoms with E-state index in [0.29, 0.717) is 24.6 Å². The molecule has 0 unspecified atom stereocenters.